The number of aliphatic hydroxyl groups is 2. The van der Waals surface area contributed by atoms with Crippen LogP contribution in [0.5, 0.6) is 0 Å². The third-order valence-corrected chi connectivity index (χ3v) is 2.26. The summed E-state index contributed by atoms with van der Waals surface area (Å²) in [7, 11) is 0. The summed E-state index contributed by atoms with van der Waals surface area (Å²) in [6.07, 6.45) is -4.42. The molecule has 0 heterocycles. The molecule has 2 nitrogen and oxygen atoms in total. The second-order valence-electron chi connectivity index (χ2n) is 3.50. The number of aliphatic hydroxyl groups excluding tert-OH is 2. The summed E-state index contributed by atoms with van der Waals surface area (Å²) in [5.41, 5.74) is -0.299. The molecule has 0 aliphatic carbocycles. The van der Waals surface area contributed by atoms with E-state index in [0.717, 1.165) is 12.1 Å². The molecule has 0 aromatic heterocycles. The van der Waals surface area contributed by atoms with Gasteiger partial charge in [-0.25, -0.2) is 0 Å². The van der Waals surface area contributed by atoms with Crippen LogP contribution in [0.25, 0.3) is 0 Å². The van der Waals surface area contributed by atoms with Crippen LogP contribution in [-0.4, -0.2) is 16.8 Å². The van der Waals surface area contributed by atoms with Gasteiger partial charge in [0.25, 0.3) is 0 Å². The first-order chi connectivity index (χ1) is 7.45. The van der Waals surface area contributed by atoms with Crippen LogP contribution in [0.3, 0.4) is 0 Å². The van der Waals surface area contributed by atoms with E-state index in [-0.39, 0.29) is 6.61 Å². The molecule has 90 valence electrons. The standard InChI is InChI=1S/C11H13F3O2/c12-11(13,14)9-5-3-8(4-6-9)10(16)2-1-7-15/h3-6,10,15-16H,1-2,7H2. The van der Waals surface area contributed by atoms with Gasteiger partial charge in [-0.2, -0.15) is 13.2 Å². The van der Waals surface area contributed by atoms with Gasteiger partial charge in [-0.1, -0.05) is 12.1 Å². The summed E-state index contributed by atoms with van der Waals surface area (Å²) in [4.78, 5) is 0. The minimum absolute atomic E-state index is 0.0440. The normalized spacial score (nSPS) is 13.8. The number of rotatable bonds is 4. The van der Waals surface area contributed by atoms with Crippen LogP contribution < -0.4 is 0 Å². The van der Waals surface area contributed by atoms with Crippen LogP contribution >= 0.6 is 0 Å². The Morgan fingerprint density at radius 1 is 1.12 bits per heavy atom. The molecule has 0 aliphatic rings. The summed E-state index contributed by atoms with van der Waals surface area (Å²) in [5, 5.41) is 18.1. The molecular weight excluding hydrogens is 221 g/mol. The highest BCUT2D eigenvalue weighted by atomic mass is 19.4. The molecule has 5 heteroatoms. The SMILES string of the molecule is OCCCC(O)c1ccc(C(F)(F)F)cc1. The first-order valence-electron chi connectivity index (χ1n) is 4.91. The average Bonchev–Trinajstić information content (AvgIpc) is 2.25. The van der Waals surface area contributed by atoms with Gasteiger partial charge in [0.15, 0.2) is 0 Å². The van der Waals surface area contributed by atoms with Gasteiger partial charge < -0.3 is 10.2 Å². The minimum atomic E-state index is -4.35. The van der Waals surface area contributed by atoms with E-state index < -0.39 is 17.8 Å². The summed E-state index contributed by atoms with van der Waals surface area (Å²) in [6.45, 7) is -0.0440. The summed E-state index contributed by atoms with van der Waals surface area (Å²) in [6, 6.07) is 4.39. The van der Waals surface area contributed by atoms with Crippen molar-refractivity contribution in [3.63, 3.8) is 0 Å². The number of hydrogen-bond donors (Lipinski definition) is 2. The van der Waals surface area contributed by atoms with Gasteiger partial charge in [0.05, 0.1) is 11.7 Å². The summed E-state index contributed by atoms with van der Waals surface area (Å²) < 4.78 is 36.7. The lowest BCUT2D eigenvalue weighted by Crippen LogP contribution is -2.05. The molecule has 0 amide bonds. The van der Waals surface area contributed by atoms with E-state index in [1.54, 1.807) is 0 Å². The Balaban J connectivity index is 2.71. The highest BCUT2D eigenvalue weighted by Gasteiger charge is 2.30. The average molecular weight is 234 g/mol. The highest BCUT2D eigenvalue weighted by Crippen LogP contribution is 2.30. The Bertz CT molecular complexity index is 319. The lowest BCUT2D eigenvalue weighted by molar-refractivity contribution is -0.137. The maximum atomic E-state index is 12.2. The maximum absolute atomic E-state index is 12.2. The van der Waals surface area contributed by atoms with Crippen molar-refractivity contribution in [3.8, 4) is 0 Å². The van der Waals surface area contributed by atoms with E-state index in [4.69, 9.17) is 5.11 Å². The van der Waals surface area contributed by atoms with Gasteiger partial charge in [0, 0.05) is 6.61 Å². The smallest absolute Gasteiger partial charge is 0.396 e. The van der Waals surface area contributed by atoms with Gasteiger partial charge in [0.2, 0.25) is 0 Å². The molecule has 16 heavy (non-hydrogen) atoms. The number of halogens is 3. The summed E-state index contributed by atoms with van der Waals surface area (Å²) >= 11 is 0. The van der Waals surface area contributed by atoms with Crippen molar-refractivity contribution in [1.82, 2.24) is 0 Å². The number of alkyl halides is 3. The molecular formula is C11H13F3O2. The first-order valence-corrected chi connectivity index (χ1v) is 4.91. The van der Waals surface area contributed by atoms with Gasteiger partial charge in [-0.15, -0.1) is 0 Å². The largest absolute Gasteiger partial charge is 0.416 e. The van der Waals surface area contributed by atoms with E-state index in [0.29, 0.717) is 18.4 Å². The van der Waals surface area contributed by atoms with Crippen LogP contribution in [0, 0.1) is 0 Å². The van der Waals surface area contributed by atoms with Gasteiger partial charge in [-0.3, -0.25) is 0 Å². The summed E-state index contributed by atoms with van der Waals surface area (Å²) in [5.74, 6) is 0. The molecule has 1 atom stereocenters. The van der Waals surface area contributed by atoms with E-state index in [2.05, 4.69) is 0 Å². The topological polar surface area (TPSA) is 40.5 Å². The van der Waals surface area contributed by atoms with E-state index in [1.807, 2.05) is 0 Å². The monoisotopic (exact) mass is 234 g/mol. The number of hydrogen-bond acceptors (Lipinski definition) is 2. The molecule has 0 aliphatic heterocycles. The third-order valence-electron chi connectivity index (χ3n) is 2.26. The molecule has 0 radical (unpaired) electrons. The molecule has 1 unspecified atom stereocenters. The van der Waals surface area contributed by atoms with Crippen LogP contribution in [0.2, 0.25) is 0 Å². The Labute approximate surface area is 91.3 Å². The van der Waals surface area contributed by atoms with Crippen LogP contribution in [-0.2, 0) is 6.18 Å². The van der Waals surface area contributed by atoms with Crippen molar-refractivity contribution in [3.05, 3.63) is 35.4 Å². The molecule has 1 rings (SSSR count). The zero-order valence-electron chi connectivity index (χ0n) is 8.54. The Hall–Kier alpha value is -1.07. The van der Waals surface area contributed by atoms with Crippen molar-refractivity contribution in [2.45, 2.75) is 25.1 Å². The van der Waals surface area contributed by atoms with Crippen LogP contribution in [0.4, 0.5) is 13.2 Å². The zero-order chi connectivity index (χ0) is 12.2. The van der Waals surface area contributed by atoms with Crippen LogP contribution in [0.1, 0.15) is 30.1 Å². The lowest BCUT2D eigenvalue weighted by atomic mass is 10.0. The third kappa shape index (κ3) is 3.50. The van der Waals surface area contributed by atoms with E-state index >= 15 is 0 Å². The fraction of sp³-hybridized carbons (Fsp3) is 0.455. The van der Waals surface area contributed by atoms with Crippen molar-refractivity contribution >= 4 is 0 Å². The predicted molar refractivity (Wildman–Crippen MR) is 52.7 cm³/mol. The van der Waals surface area contributed by atoms with Gasteiger partial charge in [0.1, 0.15) is 0 Å². The van der Waals surface area contributed by atoms with Gasteiger partial charge >= 0.3 is 6.18 Å². The zero-order valence-corrected chi connectivity index (χ0v) is 8.54. The van der Waals surface area contributed by atoms with Crippen molar-refractivity contribution in [2.24, 2.45) is 0 Å². The minimum Gasteiger partial charge on any atom is -0.396 e. The quantitative estimate of drug-likeness (QED) is 0.840. The Kier molecular flexibility index (Phi) is 4.32. The maximum Gasteiger partial charge on any atom is 0.416 e. The Morgan fingerprint density at radius 3 is 2.12 bits per heavy atom. The van der Waals surface area contributed by atoms with Crippen molar-refractivity contribution < 1.29 is 23.4 Å². The molecule has 0 saturated carbocycles. The van der Waals surface area contributed by atoms with Crippen molar-refractivity contribution in [2.75, 3.05) is 6.61 Å². The highest BCUT2D eigenvalue weighted by molar-refractivity contribution is 5.25. The van der Waals surface area contributed by atoms with Gasteiger partial charge in [-0.05, 0) is 30.5 Å². The molecule has 0 bridgehead atoms. The predicted octanol–water partition coefficient (Wildman–Crippen LogP) is 2.51. The van der Waals surface area contributed by atoms with Crippen LogP contribution in [0.15, 0.2) is 24.3 Å². The Morgan fingerprint density at radius 2 is 1.69 bits per heavy atom. The molecule has 0 fully saturated rings. The molecule has 0 spiro atoms. The fourth-order valence-electron chi connectivity index (χ4n) is 1.35. The molecule has 2 N–H and O–H groups in total. The second-order valence-corrected chi connectivity index (χ2v) is 3.50. The lowest BCUT2D eigenvalue weighted by Gasteiger charge is -2.12. The van der Waals surface area contributed by atoms with Crippen molar-refractivity contribution in [1.29, 1.82) is 0 Å². The second kappa shape index (κ2) is 5.32. The molecule has 1 aromatic rings. The van der Waals surface area contributed by atoms with E-state index in [9.17, 15) is 18.3 Å². The fourth-order valence-corrected chi connectivity index (χ4v) is 1.35. The van der Waals surface area contributed by atoms with E-state index in [1.165, 1.54) is 12.1 Å². The number of benzene rings is 1. The molecule has 1 aromatic carbocycles. The molecule has 0 saturated heterocycles. The first kappa shape index (κ1) is 13.0.